The Bertz CT molecular complexity index is 776. The van der Waals surface area contributed by atoms with E-state index in [9.17, 15) is 8.78 Å². The summed E-state index contributed by atoms with van der Waals surface area (Å²) in [6.45, 7) is -0.988. The molecular formula is C17H18F2N4OS. The van der Waals surface area contributed by atoms with E-state index in [0.717, 1.165) is 21.0 Å². The summed E-state index contributed by atoms with van der Waals surface area (Å²) >= 11 is 1.54. The minimum Gasteiger partial charge on any atom is -0.486 e. The van der Waals surface area contributed by atoms with E-state index in [2.05, 4.69) is 15.3 Å². The molecule has 132 valence electrons. The van der Waals surface area contributed by atoms with Gasteiger partial charge in [0, 0.05) is 37.3 Å². The number of nitrogens with zero attached hydrogens (tertiary/aromatic N) is 3. The number of para-hydroxylation sites is 1. The van der Waals surface area contributed by atoms with Gasteiger partial charge in [0.2, 0.25) is 0 Å². The van der Waals surface area contributed by atoms with E-state index >= 15 is 0 Å². The fourth-order valence-electron chi connectivity index (χ4n) is 2.29. The number of hydrogen-bond donors (Lipinski definition) is 1. The topological polar surface area (TPSA) is 52.0 Å². The normalized spacial score (nSPS) is 11.2. The highest BCUT2D eigenvalue weighted by Gasteiger charge is 2.10. The minimum absolute atomic E-state index is 0.373. The van der Waals surface area contributed by atoms with Gasteiger partial charge >= 0.3 is 6.55 Å². The number of halogens is 2. The Labute approximate surface area is 148 Å². The summed E-state index contributed by atoms with van der Waals surface area (Å²) in [4.78, 5) is 8.45. The standard InChI is InChI=1S/C17H18F2N4OS/c18-17(19)23-9-8-21-15(23)6-7-20-10-13-12-25-16(22-13)11-24-14-4-2-1-3-5-14/h1-5,8-9,12,17,20H,6-7,10-11H2. The Morgan fingerprint density at radius 1 is 1.24 bits per heavy atom. The largest absolute Gasteiger partial charge is 0.486 e. The van der Waals surface area contributed by atoms with E-state index in [1.165, 1.54) is 23.7 Å². The van der Waals surface area contributed by atoms with E-state index in [-0.39, 0.29) is 0 Å². The van der Waals surface area contributed by atoms with Crippen molar-refractivity contribution in [2.75, 3.05) is 6.54 Å². The maximum absolute atomic E-state index is 12.7. The Kier molecular flexibility index (Phi) is 6.08. The summed E-state index contributed by atoms with van der Waals surface area (Å²) in [6, 6.07) is 9.59. The third-order valence-corrected chi connectivity index (χ3v) is 4.37. The van der Waals surface area contributed by atoms with E-state index in [0.29, 0.717) is 31.9 Å². The van der Waals surface area contributed by atoms with Crippen LogP contribution in [0.1, 0.15) is 23.1 Å². The van der Waals surface area contributed by atoms with Crippen LogP contribution in [0, 0.1) is 0 Å². The highest BCUT2D eigenvalue weighted by atomic mass is 32.1. The van der Waals surface area contributed by atoms with Crippen molar-refractivity contribution in [2.45, 2.75) is 26.1 Å². The fourth-order valence-corrected chi connectivity index (χ4v) is 3.00. The van der Waals surface area contributed by atoms with Gasteiger partial charge in [0.15, 0.2) is 0 Å². The number of alkyl halides is 2. The number of hydrogen-bond acceptors (Lipinski definition) is 5. The van der Waals surface area contributed by atoms with Crippen LogP contribution in [0.4, 0.5) is 8.78 Å². The molecule has 0 spiro atoms. The monoisotopic (exact) mass is 364 g/mol. The van der Waals surface area contributed by atoms with E-state index in [1.54, 1.807) is 0 Å². The fraction of sp³-hybridized carbons (Fsp3) is 0.294. The molecular weight excluding hydrogens is 346 g/mol. The van der Waals surface area contributed by atoms with Crippen molar-refractivity contribution in [3.8, 4) is 5.75 Å². The molecule has 0 aliphatic rings. The Balaban J connectivity index is 1.40. The van der Waals surface area contributed by atoms with Crippen LogP contribution in [0.25, 0.3) is 0 Å². The Hall–Kier alpha value is -2.32. The molecule has 0 radical (unpaired) electrons. The summed E-state index contributed by atoms with van der Waals surface area (Å²) in [5, 5.41) is 6.06. The first kappa shape index (κ1) is 17.5. The van der Waals surface area contributed by atoms with Crippen molar-refractivity contribution in [1.82, 2.24) is 19.9 Å². The molecule has 25 heavy (non-hydrogen) atoms. The number of nitrogens with one attached hydrogen (secondary N) is 1. The van der Waals surface area contributed by atoms with Gasteiger partial charge in [-0.2, -0.15) is 8.78 Å². The summed E-state index contributed by atoms with van der Waals surface area (Å²) in [5.41, 5.74) is 0.911. The van der Waals surface area contributed by atoms with Gasteiger partial charge in [-0.25, -0.2) is 9.97 Å². The van der Waals surface area contributed by atoms with E-state index in [4.69, 9.17) is 4.74 Å². The summed E-state index contributed by atoms with van der Waals surface area (Å²) in [5.74, 6) is 1.18. The maximum Gasteiger partial charge on any atom is 0.319 e. The van der Waals surface area contributed by atoms with Crippen molar-refractivity contribution in [1.29, 1.82) is 0 Å². The van der Waals surface area contributed by atoms with Crippen LogP contribution in [-0.2, 0) is 19.6 Å². The molecule has 8 heteroatoms. The van der Waals surface area contributed by atoms with Crippen LogP contribution in [0.3, 0.4) is 0 Å². The number of benzene rings is 1. The molecule has 0 fully saturated rings. The Morgan fingerprint density at radius 3 is 2.88 bits per heavy atom. The molecule has 1 N–H and O–H groups in total. The molecule has 3 rings (SSSR count). The SMILES string of the molecule is FC(F)n1ccnc1CCNCc1csc(COc2ccccc2)n1. The smallest absolute Gasteiger partial charge is 0.319 e. The van der Waals surface area contributed by atoms with Gasteiger partial charge < -0.3 is 10.1 Å². The zero-order valence-corrected chi connectivity index (χ0v) is 14.3. The molecule has 0 aliphatic heterocycles. The van der Waals surface area contributed by atoms with Gasteiger partial charge in [0.05, 0.1) is 5.69 Å². The zero-order chi connectivity index (χ0) is 17.5. The molecule has 1 aromatic carbocycles. The van der Waals surface area contributed by atoms with Gasteiger partial charge in [-0.15, -0.1) is 11.3 Å². The minimum atomic E-state index is -2.55. The van der Waals surface area contributed by atoms with Gasteiger partial charge in [-0.05, 0) is 12.1 Å². The maximum atomic E-state index is 12.7. The molecule has 2 aromatic heterocycles. The number of thiazole rings is 1. The number of rotatable bonds is 9. The molecule has 0 atom stereocenters. The van der Waals surface area contributed by atoms with Crippen LogP contribution >= 0.6 is 11.3 Å². The van der Waals surface area contributed by atoms with Crippen molar-refractivity contribution in [3.05, 3.63) is 64.6 Å². The third kappa shape index (κ3) is 5.07. The van der Waals surface area contributed by atoms with Crippen LogP contribution in [-0.4, -0.2) is 21.1 Å². The van der Waals surface area contributed by atoms with Crippen LogP contribution in [0.2, 0.25) is 0 Å². The van der Waals surface area contributed by atoms with Crippen molar-refractivity contribution >= 4 is 11.3 Å². The molecule has 0 bridgehead atoms. The lowest BCUT2D eigenvalue weighted by atomic mass is 10.3. The van der Waals surface area contributed by atoms with Crippen molar-refractivity contribution in [2.24, 2.45) is 0 Å². The molecule has 0 unspecified atom stereocenters. The summed E-state index contributed by atoms with van der Waals surface area (Å²) < 4.78 is 32.0. The second-order valence-electron chi connectivity index (χ2n) is 5.29. The van der Waals surface area contributed by atoms with Crippen LogP contribution < -0.4 is 10.1 Å². The van der Waals surface area contributed by atoms with Gasteiger partial charge in [-0.1, -0.05) is 18.2 Å². The van der Waals surface area contributed by atoms with Crippen LogP contribution in [0.5, 0.6) is 5.75 Å². The highest BCUT2D eigenvalue weighted by Crippen LogP contribution is 2.15. The molecule has 0 aliphatic carbocycles. The van der Waals surface area contributed by atoms with Gasteiger partial charge in [0.1, 0.15) is 23.2 Å². The average molecular weight is 364 g/mol. The lowest BCUT2D eigenvalue weighted by molar-refractivity contribution is 0.0670. The summed E-state index contributed by atoms with van der Waals surface area (Å²) in [7, 11) is 0. The lowest BCUT2D eigenvalue weighted by Crippen LogP contribution is -2.19. The first-order valence-electron chi connectivity index (χ1n) is 7.84. The van der Waals surface area contributed by atoms with Crippen molar-refractivity contribution in [3.63, 3.8) is 0 Å². The lowest BCUT2D eigenvalue weighted by Gasteiger charge is -2.06. The number of aromatic nitrogens is 3. The molecule has 2 heterocycles. The van der Waals surface area contributed by atoms with Gasteiger partial charge in [-0.3, -0.25) is 4.57 Å². The first-order chi connectivity index (χ1) is 12.2. The van der Waals surface area contributed by atoms with Crippen LogP contribution in [0.15, 0.2) is 48.1 Å². The van der Waals surface area contributed by atoms with E-state index in [1.807, 2.05) is 35.7 Å². The number of ether oxygens (including phenoxy) is 1. The third-order valence-electron chi connectivity index (χ3n) is 3.50. The molecule has 0 amide bonds. The van der Waals surface area contributed by atoms with E-state index < -0.39 is 6.55 Å². The first-order valence-corrected chi connectivity index (χ1v) is 8.72. The predicted octanol–water partition coefficient (Wildman–Crippen LogP) is 3.65. The summed E-state index contributed by atoms with van der Waals surface area (Å²) in [6.07, 6.45) is 3.12. The molecule has 0 saturated carbocycles. The molecule has 5 nitrogen and oxygen atoms in total. The Morgan fingerprint density at radius 2 is 2.08 bits per heavy atom. The molecule has 0 saturated heterocycles. The highest BCUT2D eigenvalue weighted by molar-refractivity contribution is 7.09. The molecule has 3 aromatic rings. The van der Waals surface area contributed by atoms with Crippen molar-refractivity contribution < 1.29 is 13.5 Å². The number of imidazole rings is 1. The second kappa shape index (κ2) is 8.68. The zero-order valence-electron chi connectivity index (χ0n) is 13.4. The quantitative estimate of drug-likeness (QED) is 0.589. The predicted molar refractivity (Wildman–Crippen MR) is 91.8 cm³/mol. The van der Waals surface area contributed by atoms with Gasteiger partial charge in [0.25, 0.3) is 0 Å². The average Bonchev–Trinajstić information content (AvgIpc) is 3.27. The second-order valence-corrected chi connectivity index (χ2v) is 6.23.